The van der Waals surface area contributed by atoms with Crippen LogP contribution in [0.2, 0.25) is 0 Å². The highest BCUT2D eigenvalue weighted by molar-refractivity contribution is 5.30. The van der Waals surface area contributed by atoms with Crippen molar-refractivity contribution in [2.75, 3.05) is 0 Å². The molecule has 2 heteroatoms. The fourth-order valence-electron chi connectivity index (χ4n) is 2.42. The van der Waals surface area contributed by atoms with Crippen molar-refractivity contribution in [1.82, 2.24) is 0 Å². The van der Waals surface area contributed by atoms with Crippen LogP contribution in [-0.2, 0) is 4.74 Å². The first-order chi connectivity index (χ1) is 8.72. The lowest BCUT2D eigenvalue weighted by Gasteiger charge is -2.16. The molecule has 2 aromatic rings. The number of benzene rings is 2. The quantitative estimate of drug-likeness (QED) is 0.835. The first-order valence-corrected chi connectivity index (χ1v) is 6.17. The van der Waals surface area contributed by atoms with E-state index < -0.39 is 11.7 Å². The molecule has 1 saturated heterocycles. The Kier molecular flexibility index (Phi) is 2.69. The zero-order chi connectivity index (χ0) is 12.6. The van der Waals surface area contributed by atoms with Gasteiger partial charge in [0.25, 0.3) is 0 Å². The predicted molar refractivity (Wildman–Crippen MR) is 70.1 cm³/mol. The Hall–Kier alpha value is -1.64. The molecule has 0 aliphatic carbocycles. The Morgan fingerprint density at radius 3 is 2.17 bits per heavy atom. The molecule has 3 rings (SSSR count). The minimum Gasteiger partial charge on any atom is -0.385 e. The van der Waals surface area contributed by atoms with Crippen LogP contribution in [0.5, 0.6) is 0 Å². The van der Waals surface area contributed by atoms with Gasteiger partial charge in [0.1, 0.15) is 17.8 Å². The van der Waals surface area contributed by atoms with Crippen LogP contribution in [0, 0.1) is 0 Å². The highest BCUT2D eigenvalue weighted by atomic mass is 16.6. The molecule has 0 unspecified atom stereocenters. The number of aliphatic hydroxyl groups excluding tert-OH is 1. The van der Waals surface area contributed by atoms with E-state index >= 15 is 0 Å². The fraction of sp³-hybridized carbons (Fsp3) is 0.250. The number of ether oxygens (including phenoxy) is 1. The van der Waals surface area contributed by atoms with Crippen molar-refractivity contribution in [3.05, 3.63) is 71.8 Å². The molecule has 0 saturated carbocycles. The second-order valence-corrected chi connectivity index (χ2v) is 4.91. The average molecular weight is 240 g/mol. The van der Waals surface area contributed by atoms with Gasteiger partial charge in [0.2, 0.25) is 0 Å². The van der Waals surface area contributed by atoms with Crippen LogP contribution in [-0.4, -0.2) is 10.7 Å². The van der Waals surface area contributed by atoms with E-state index in [1.54, 1.807) is 0 Å². The van der Waals surface area contributed by atoms with E-state index in [-0.39, 0.29) is 6.10 Å². The molecule has 0 radical (unpaired) electrons. The monoisotopic (exact) mass is 240 g/mol. The topological polar surface area (TPSA) is 32.8 Å². The first-order valence-electron chi connectivity index (χ1n) is 6.17. The summed E-state index contributed by atoms with van der Waals surface area (Å²) in [5, 5.41) is 10.4. The van der Waals surface area contributed by atoms with Gasteiger partial charge >= 0.3 is 0 Å². The Bertz CT molecular complexity index is 523. The summed E-state index contributed by atoms with van der Waals surface area (Å²) >= 11 is 0. The van der Waals surface area contributed by atoms with Gasteiger partial charge in [-0.15, -0.1) is 0 Å². The van der Waals surface area contributed by atoms with Crippen molar-refractivity contribution >= 4 is 0 Å². The lowest BCUT2D eigenvalue weighted by Crippen LogP contribution is -2.19. The average Bonchev–Trinajstić information content (AvgIpc) is 3.14. The molecule has 1 aliphatic heterocycles. The molecule has 0 aromatic heterocycles. The largest absolute Gasteiger partial charge is 0.385 e. The summed E-state index contributed by atoms with van der Waals surface area (Å²) in [6, 6.07) is 19.7. The Morgan fingerprint density at radius 2 is 1.56 bits per heavy atom. The van der Waals surface area contributed by atoms with Crippen LogP contribution in [0.3, 0.4) is 0 Å². The minimum absolute atomic E-state index is 0.0195. The summed E-state index contributed by atoms with van der Waals surface area (Å²) < 4.78 is 5.76. The van der Waals surface area contributed by atoms with Crippen molar-refractivity contribution in [3.63, 3.8) is 0 Å². The van der Waals surface area contributed by atoms with Crippen LogP contribution in [0.4, 0.5) is 0 Å². The van der Waals surface area contributed by atoms with Gasteiger partial charge in [-0.25, -0.2) is 0 Å². The zero-order valence-corrected chi connectivity index (χ0v) is 10.3. The fourth-order valence-corrected chi connectivity index (χ4v) is 2.42. The van der Waals surface area contributed by atoms with Crippen molar-refractivity contribution in [2.24, 2.45) is 0 Å². The highest BCUT2D eigenvalue weighted by Crippen LogP contribution is 2.56. The van der Waals surface area contributed by atoms with Crippen LogP contribution >= 0.6 is 0 Å². The van der Waals surface area contributed by atoms with Gasteiger partial charge in [0.15, 0.2) is 0 Å². The van der Waals surface area contributed by atoms with Gasteiger partial charge in [-0.05, 0) is 18.1 Å². The van der Waals surface area contributed by atoms with E-state index in [2.05, 4.69) is 0 Å². The molecule has 92 valence electrons. The number of epoxide rings is 1. The van der Waals surface area contributed by atoms with E-state index in [1.165, 1.54) is 0 Å². The maximum Gasteiger partial charge on any atom is 0.126 e. The number of hydrogen-bond acceptors (Lipinski definition) is 2. The molecule has 0 amide bonds. The van der Waals surface area contributed by atoms with Crippen molar-refractivity contribution in [2.45, 2.75) is 24.7 Å². The molecule has 2 aromatic carbocycles. The van der Waals surface area contributed by atoms with Gasteiger partial charge in [-0.1, -0.05) is 60.7 Å². The lowest BCUT2D eigenvalue weighted by atomic mass is 9.91. The second kappa shape index (κ2) is 4.23. The van der Waals surface area contributed by atoms with Gasteiger partial charge in [0.05, 0.1) is 0 Å². The Morgan fingerprint density at radius 1 is 1.00 bits per heavy atom. The van der Waals surface area contributed by atoms with E-state index in [9.17, 15) is 5.11 Å². The molecule has 0 spiro atoms. The SMILES string of the molecule is C[C@]1([C@H](O)c2ccccc2)O[C@@H]1c1ccccc1. The van der Waals surface area contributed by atoms with Crippen molar-refractivity contribution < 1.29 is 9.84 Å². The summed E-state index contributed by atoms with van der Waals surface area (Å²) in [7, 11) is 0. The van der Waals surface area contributed by atoms with Gasteiger partial charge in [-0.3, -0.25) is 0 Å². The maximum absolute atomic E-state index is 10.4. The zero-order valence-electron chi connectivity index (χ0n) is 10.3. The molecular formula is C16H16O2. The van der Waals surface area contributed by atoms with Crippen LogP contribution in [0.1, 0.15) is 30.3 Å². The van der Waals surface area contributed by atoms with Gasteiger partial charge in [0, 0.05) is 0 Å². The molecule has 3 atom stereocenters. The van der Waals surface area contributed by atoms with Crippen molar-refractivity contribution in [3.8, 4) is 0 Å². The number of aliphatic hydroxyl groups is 1. The predicted octanol–water partition coefficient (Wildman–Crippen LogP) is 3.25. The number of hydrogen-bond donors (Lipinski definition) is 1. The summed E-state index contributed by atoms with van der Waals surface area (Å²) in [5.41, 5.74) is 1.51. The van der Waals surface area contributed by atoms with E-state index in [0.717, 1.165) is 11.1 Å². The lowest BCUT2D eigenvalue weighted by molar-refractivity contribution is 0.0849. The Balaban J connectivity index is 1.83. The van der Waals surface area contributed by atoms with Gasteiger partial charge in [-0.2, -0.15) is 0 Å². The minimum atomic E-state index is -0.594. The normalized spacial score (nSPS) is 27.8. The standard InChI is InChI=1S/C16H16O2/c1-16(14(17)12-8-4-2-5-9-12)15(18-16)13-10-6-3-7-11-13/h2-11,14-15,17H,1H3/t14-,15-,16-/m1/s1. The third-order valence-electron chi connectivity index (χ3n) is 3.60. The van der Waals surface area contributed by atoms with Crippen LogP contribution < -0.4 is 0 Å². The summed E-state index contributed by atoms with van der Waals surface area (Å²) in [5.74, 6) is 0. The molecule has 18 heavy (non-hydrogen) atoms. The maximum atomic E-state index is 10.4. The Labute approximate surface area is 107 Å². The third-order valence-corrected chi connectivity index (χ3v) is 3.60. The molecule has 1 aliphatic rings. The second-order valence-electron chi connectivity index (χ2n) is 4.91. The van der Waals surface area contributed by atoms with E-state index in [0.29, 0.717) is 0 Å². The third kappa shape index (κ3) is 1.84. The van der Waals surface area contributed by atoms with E-state index in [1.807, 2.05) is 67.6 Å². The smallest absolute Gasteiger partial charge is 0.126 e. The number of rotatable bonds is 3. The molecule has 0 bridgehead atoms. The molecule has 2 nitrogen and oxygen atoms in total. The van der Waals surface area contributed by atoms with Crippen LogP contribution in [0.15, 0.2) is 60.7 Å². The molecule has 1 N–H and O–H groups in total. The van der Waals surface area contributed by atoms with Crippen molar-refractivity contribution in [1.29, 1.82) is 0 Å². The first kappa shape index (κ1) is 11.5. The molecular weight excluding hydrogens is 224 g/mol. The summed E-state index contributed by atoms with van der Waals surface area (Å²) in [4.78, 5) is 0. The summed E-state index contributed by atoms with van der Waals surface area (Å²) in [6.07, 6.45) is -0.613. The van der Waals surface area contributed by atoms with E-state index in [4.69, 9.17) is 4.74 Å². The summed E-state index contributed by atoms with van der Waals surface area (Å²) in [6.45, 7) is 1.96. The van der Waals surface area contributed by atoms with Gasteiger partial charge < -0.3 is 9.84 Å². The molecule has 1 heterocycles. The van der Waals surface area contributed by atoms with Crippen LogP contribution in [0.25, 0.3) is 0 Å². The molecule has 1 fully saturated rings. The highest BCUT2D eigenvalue weighted by Gasteiger charge is 2.58.